The molecule has 0 spiro atoms. The first-order chi connectivity index (χ1) is 10.3. The summed E-state index contributed by atoms with van der Waals surface area (Å²) in [5.41, 5.74) is 3.79. The van der Waals surface area contributed by atoms with E-state index in [9.17, 15) is 0 Å². The molecule has 1 N–H and O–H groups in total. The van der Waals surface area contributed by atoms with E-state index in [4.69, 9.17) is 14.2 Å². The fourth-order valence-electron chi connectivity index (χ4n) is 2.76. The summed E-state index contributed by atoms with van der Waals surface area (Å²) < 4.78 is 16.9. The van der Waals surface area contributed by atoms with Crippen molar-refractivity contribution in [3.8, 4) is 11.5 Å². The topological polar surface area (TPSA) is 39.7 Å². The Morgan fingerprint density at radius 1 is 1.33 bits per heavy atom. The molecule has 0 aromatic heterocycles. The van der Waals surface area contributed by atoms with E-state index in [1.807, 2.05) is 0 Å². The van der Waals surface area contributed by atoms with E-state index >= 15 is 0 Å². The molecule has 1 saturated carbocycles. The maximum atomic E-state index is 6.06. The number of hydrogen-bond donors (Lipinski definition) is 1. The van der Waals surface area contributed by atoms with E-state index in [0.29, 0.717) is 12.6 Å². The van der Waals surface area contributed by atoms with Gasteiger partial charge in [-0.1, -0.05) is 0 Å². The highest BCUT2D eigenvalue weighted by Gasteiger charge is 2.24. The van der Waals surface area contributed by atoms with Crippen LogP contribution in [0.5, 0.6) is 11.5 Å². The summed E-state index contributed by atoms with van der Waals surface area (Å²) in [6, 6.07) is 2.90. The Labute approximate surface area is 126 Å². The zero-order valence-electron chi connectivity index (χ0n) is 13.0. The average molecular weight is 291 g/mol. The first kappa shape index (κ1) is 14.7. The molecule has 1 aromatic carbocycles. The van der Waals surface area contributed by atoms with Crippen molar-refractivity contribution in [2.24, 2.45) is 0 Å². The fourth-order valence-corrected chi connectivity index (χ4v) is 2.76. The smallest absolute Gasteiger partial charge is 0.129 e. The van der Waals surface area contributed by atoms with Gasteiger partial charge in [-0.3, -0.25) is 0 Å². The normalized spacial score (nSPS) is 16.7. The van der Waals surface area contributed by atoms with Crippen LogP contribution in [0.25, 0.3) is 0 Å². The Hall–Kier alpha value is -1.26. The molecule has 4 nitrogen and oxygen atoms in total. The maximum absolute atomic E-state index is 6.06. The Balaban J connectivity index is 1.74. The lowest BCUT2D eigenvalue weighted by Gasteiger charge is -2.17. The van der Waals surface area contributed by atoms with Gasteiger partial charge in [-0.2, -0.15) is 0 Å². The third kappa shape index (κ3) is 3.50. The van der Waals surface area contributed by atoms with E-state index in [-0.39, 0.29) is 0 Å². The maximum Gasteiger partial charge on any atom is 0.129 e. The van der Waals surface area contributed by atoms with Gasteiger partial charge in [0.25, 0.3) is 0 Å². The molecule has 0 amide bonds. The molecule has 21 heavy (non-hydrogen) atoms. The van der Waals surface area contributed by atoms with Crippen LogP contribution in [0, 0.1) is 6.92 Å². The van der Waals surface area contributed by atoms with E-state index in [0.717, 1.165) is 44.1 Å². The van der Waals surface area contributed by atoms with Gasteiger partial charge in [-0.05, 0) is 37.0 Å². The van der Waals surface area contributed by atoms with Crippen LogP contribution < -0.4 is 14.8 Å². The van der Waals surface area contributed by atoms with Gasteiger partial charge >= 0.3 is 0 Å². The van der Waals surface area contributed by atoms with Crippen molar-refractivity contribution >= 4 is 0 Å². The molecule has 0 atom stereocenters. The summed E-state index contributed by atoms with van der Waals surface area (Å²) in [4.78, 5) is 0. The summed E-state index contributed by atoms with van der Waals surface area (Å²) >= 11 is 0. The standard InChI is InChI=1S/C17H25NO3/c1-12-13(11-18-14-4-5-14)10-16-15(6-9-20-16)17(12)21-8-3-7-19-2/h10,14,18H,3-9,11H2,1-2H3. The molecular formula is C17H25NO3. The molecule has 0 unspecified atom stereocenters. The van der Waals surface area contributed by atoms with Crippen LogP contribution in [0.3, 0.4) is 0 Å². The van der Waals surface area contributed by atoms with Crippen LogP contribution in [0.15, 0.2) is 6.07 Å². The van der Waals surface area contributed by atoms with Crippen molar-refractivity contribution in [1.29, 1.82) is 0 Å². The highest BCUT2D eigenvalue weighted by Crippen LogP contribution is 2.38. The van der Waals surface area contributed by atoms with E-state index in [2.05, 4.69) is 18.3 Å². The van der Waals surface area contributed by atoms with Crippen LogP contribution in [-0.2, 0) is 17.7 Å². The van der Waals surface area contributed by atoms with E-state index in [1.54, 1.807) is 7.11 Å². The Morgan fingerprint density at radius 3 is 2.95 bits per heavy atom. The van der Waals surface area contributed by atoms with Crippen molar-refractivity contribution in [3.05, 3.63) is 22.8 Å². The Kier molecular flexibility index (Phi) is 4.66. The molecule has 0 radical (unpaired) electrons. The summed E-state index contributed by atoms with van der Waals surface area (Å²) in [5.74, 6) is 2.05. The van der Waals surface area contributed by atoms with Gasteiger partial charge in [-0.25, -0.2) is 0 Å². The first-order valence-corrected chi connectivity index (χ1v) is 7.93. The van der Waals surface area contributed by atoms with Crippen molar-refractivity contribution in [2.45, 2.75) is 45.2 Å². The van der Waals surface area contributed by atoms with Crippen LogP contribution in [0.1, 0.15) is 36.0 Å². The molecule has 0 bridgehead atoms. The summed E-state index contributed by atoms with van der Waals surface area (Å²) in [6.07, 6.45) is 4.48. The molecule has 3 rings (SSSR count). The summed E-state index contributed by atoms with van der Waals surface area (Å²) in [7, 11) is 1.72. The second kappa shape index (κ2) is 6.67. The SMILES string of the molecule is COCCCOc1c(C)c(CNC2CC2)cc2c1CCO2. The highest BCUT2D eigenvalue weighted by atomic mass is 16.5. The van der Waals surface area contributed by atoms with Gasteiger partial charge in [0, 0.05) is 44.7 Å². The molecule has 1 aromatic rings. The Bertz CT molecular complexity index is 497. The van der Waals surface area contributed by atoms with Gasteiger partial charge in [0.1, 0.15) is 11.5 Å². The minimum Gasteiger partial charge on any atom is -0.493 e. The summed E-state index contributed by atoms with van der Waals surface area (Å²) in [5, 5.41) is 3.58. The zero-order valence-corrected chi connectivity index (χ0v) is 13.0. The lowest BCUT2D eigenvalue weighted by atomic mass is 10.0. The monoisotopic (exact) mass is 291 g/mol. The number of fused-ring (bicyclic) bond motifs is 1. The predicted octanol–water partition coefficient (Wildman–Crippen LogP) is 2.60. The van der Waals surface area contributed by atoms with Gasteiger partial charge in [0.15, 0.2) is 0 Å². The van der Waals surface area contributed by atoms with Gasteiger partial charge < -0.3 is 19.5 Å². The number of nitrogens with one attached hydrogen (secondary N) is 1. The molecule has 4 heteroatoms. The minimum absolute atomic E-state index is 0.695. The molecular weight excluding hydrogens is 266 g/mol. The molecule has 1 heterocycles. The molecule has 0 saturated heterocycles. The number of benzene rings is 1. The molecule has 1 aliphatic carbocycles. The molecule has 2 aliphatic rings. The van der Waals surface area contributed by atoms with Crippen LogP contribution in [-0.4, -0.2) is 33.0 Å². The average Bonchev–Trinajstić information content (AvgIpc) is 3.20. The van der Waals surface area contributed by atoms with Crippen LogP contribution in [0.4, 0.5) is 0 Å². The number of methoxy groups -OCH3 is 1. The third-order valence-corrected chi connectivity index (χ3v) is 4.21. The second-order valence-electron chi connectivity index (χ2n) is 5.91. The molecule has 1 fully saturated rings. The molecule has 1 aliphatic heterocycles. The van der Waals surface area contributed by atoms with Gasteiger partial charge in [-0.15, -0.1) is 0 Å². The lowest BCUT2D eigenvalue weighted by molar-refractivity contribution is 0.171. The quantitative estimate of drug-likeness (QED) is 0.747. The summed E-state index contributed by atoms with van der Waals surface area (Å²) in [6.45, 7) is 5.26. The van der Waals surface area contributed by atoms with E-state index < -0.39 is 0 Å². The fraction of sp³-hybridized carbons (Fsp3) is 0.647. The second-order valence-corrected chi connectivity index (χ2v) is 5.91. The number of hydrogen-bond acceptors (Lipinski definition) is 4. The zero-order chi connectivity index (χ0) is 14.7. The van der Waals surface area contributed by atoms with Gasteiger partial charge in [0.05, 0.1) is 13.2 Å². The lowest BCUT2D eigenvalue weighted by Crippen LogP contribution is -2.16. The number of ether oxygens (including phenoxy) is 3. The number of rotatable bonds is 8. The van der Waals surface area contributed by atoms with Crippen LogP contribution >= 0.6 is 0 Å². The highest BCUT2D eigenvalue weighted by molar-refractivity contribution is 5.55. The minimum atomic E-state index is 0.695. The van der Waals surface area contributed by atoms with Crippen molar-refractivity contribution in [1.82, 2.24) is 5.32 Å². The molecule has 116 valence electrons. The van der Waals surface area contributed by atoms with E-state index in [1.165, 1.54) is 29.5 Å². The first-order valence-electron chi connectivity index (χ1n) is 7.93. The van der Waals surface area contributed by atoms with Crippen molar-refractivity contribution in [3.63, 3.8) is 0 Å². The van der Waals surface area contributed by atoms with Crippen LogP contribution in [0.2, 0.25) is 0 Å². The Morgan fingerprint density at radius 2 is 2.19 bits per heavy atom. The van der Waals surface area contributed by atoms with Crippen molar-refractivity contribution < 1.29 is 14.2 Å². The predicted molar refractivity (Wildman–Crippen MR) is 82.2 cm³/mol. The largest absolute Gasteiger partial charge is 0.493 e. The van der Waals surface area contributed by atoms with Crippen molar-refractivity contribution in [2.75, 3.05) is 26.9 Å². The third-order valence-electron chi connectivity index (χ3n) is 4.21. The van der Waals surface area contributed by atoms with Gasteiger partial charge in [0.2, 0.25) is 0 Å².